The fraction of sp³-hybridized carbons (Fsp3) is 0.450. The second-order valence-corrected chi connectivity index (χ2v) is 36.2. The van der Waals surface area contributed by atoms with Crippen LogP contribution in [0.2, 0.25) is 34.5 Å². The number of hydrogen-bond acceptors (Lipinski definition) is 4. The molecule has 4 aromatic rings. The van der Waals surface area contributed by atoms with Gasteiger partial charge in [-0.1, -0.05) is 0 Å². The van der Waals surface area contributed by atoms with E-state index < -0.39 is 50.1 Å². The number of rotatable bonds is 6. The van der Waals surface area contributed by atoms with Crippen LogP contribution < -0.4 is 8.79 Å². The Morgan fingerprint density at radius 2 is 0.936 bits per heavy atom. The van der Waals surface area contributed by atoms with Crippen molar-refractivity contribution in [3.63, 3.8) is 0 Å². The van der Waals surface area contributed by atoms with Gasteiger partial charge in [0.05, 0.1) is 0 Å². The van der Waals surface area contributed by atoms with Gasteiger partial charge in [-0.05, 0) is 0 Å². The molecule has 0 saturated carbocycles. The molecule has 0 bridgehead atoms. The first-order chi connectivity index (χ1) is 22.9. The van der Waals surface area contributed by atoms with Gasteiger partial charge < -0.3 is 10.2 Å². The molecule has 7 heteroatoms. The van der Waals surface area contributed by atoms with E-state index in [2.05, 4.69) is 56.6 Å². The molecule has 0 unspecified atom stereocenters. The molecule has 2 aromatic carbocycles. The molecule has 0 aliphatic carbocycles. The zero-order valence-electron chi connectivity index (χ0n) is 35.1. The van der Waals surface area contributed by atoms with Crippen LogP contribution in [0.3, 0.4) is 0 Å². The van der Waals surface area contributed by atoms with Gasteiger partial charge in [-0.3, -0.25) is 0 Å². The molecule has 4 nitrogen and oxygen atoms in total. The first-order valence-electron chi connectivity index (χ1n) is 17.7. The number of aromatic nitrogens is 2. The Morgan fingerprint density at radius 3 is 1.17 bits per heavy atom. The van der Waals surface area contributed by atoms with Crippen LogP contribution in [0, 0.1) is 23.0 Å². The molecule has 0 spiro atoms. The minimum atomic E-state index is -2.24. The van der Waals surface area contributed by atoms with Gasteiger partial charge in [0.25, 0.3) is 0 Å². The van der Waals surface area contributed by atoms with Crippen LogP contribution >= 0.6 is 0 Å². The Labute approximate surface area is 312 Å². The van der Waals surface area contributed by atoms with E-state index in [0.29, 0.717) is 0 Å². The molecule has 47 heavy (non-hydrogen) atoms. The molecule has 2 aromatic heterocycles. The topological polar surface area (TPSA) is 66.2 Å². The van der Waals surface area contributed by atoms with Crippen molar-refractivity contribution < 1.29 is 35.8 Å². The van der Waals surface area contributed by atoms with Crippen LogP contribution in [0.4, 0.5) is 0 Å². The number of aliphatic hydroxyl groups is 2. The molecule has 0 saturated heterocycles. The summed E-state index contributed by atoms with van der Waals surface area (Å²) in [6.07, 6.45) is 1.00. The summed E-state index contributed by atoms with van der Waals surface area (Å²) in [7, 11) is 2.00. The molecule has 2 heterocycles. The predicted molar refractivity (Wildman–Crippen MR) is 206 cm³/mol. The second kappa shape index (κ2) is 20.2. The summed E-state index contributed by atoms with van der Waals surface area (Å²) >= 11 is -4.48. The van der Waals surface area contributed by atoms with Crippen LogP contribution in [0.1, 0.15) is 58.2 Å². The number of nitrogens with zero attached hydrogens (tertiary/aromatic N) is 2. The van der Waals surface area contributed by atoms with E-state index in [9.17, 15) is 0 Å². The summed E-state index contributed by atoms with van der Waals surface area (Å²) in [5.41, 5.74) is 4.06. The van der Waals surface area contributed by atoms with Crippen molar-refractivity contribution in [3.8, 4) is 22.5 Å². The van der Waals surface area contributed by atoms with Crippen LogP contribution in [-0.2, 0) is 32.9 Å². The summed E-state index contributed by atoms with van der Waals surface area (Å²) in [4.78, 5) is 9.24. The van der Waals surface area contributed by atoms with Gasteiger partial charge in [0.1, 0.15) is 0 Å². The van der Waals surface area contributed by atoms with E-state index in [0.717, 1.165) is 56.7 Å². The van der Waals surface area contributed by atoms with Crippen LogP contribution in [0.25, 0.3) is 22.5 Å². The average molecular weight is 942 g/mol. The van der Waals surface area contributed by atoms with E-state index >= 15 is 0 Å². The molecule has 4 rings (SSSR count). The summed E-state index contributed by atoms with van der Waals surface area (Å²) < 4.78 is 37.3. The maximum Gasteiger partial charge on any atom is 0 e. The zero-order valence-corrected chi connectivity index (χ0v) is 37.6. The monoisotopic (exact) mass is 945 g/mol. The van der Waals surface area contributed by atoms with Gasteiger partial charge >= 0.3 is 269 Å². The van der Waals surface area contributed by atoms with Crippen LogP contribution in [0.5, 0.6) is 0 Å². The minimum Gasteiger partial charge on any atom is 0 e. The summed E-state index contributed by atoms with van der Waals surface area (Å²) in [6.45, 7) is 11.8. The summed E-state index contributed by atoms with van der Waals surface area (Å²) in [6, 6.07) is 25.7. The van der Waals surface area contributed by atoms with Gasteiger partial charge in [-0.25, -0.2) is 0 Å². The summed E-state index contributed by atoms with van der Waals surface area (Å²) in [5, 5.41) is 14.0. The third-order valence-corrected chi connectivity index (χ3v) is 14.9. The molecule has 0 atom stereocenters. The molecular formula is C40H60Ge2IrN2O2-2. The smallest absolute Gasteiger partial charge is 0 e. The van der Waals surface area contributed by atoms with Crippen molar-refractivity contribution in [3.05, 3.63) is 96.3 Å². The van der Waals surface area contributed by atoms with Gasteiger partial charge in [0, 0.05) is 34.3 Å². The molecule has 1 radical (unpaired) electrons. The van der Waals surface area contributed by atoms with Gasteiger partial charge in [0.2, 0.25) is 0 Å². The second-order valence-electron chi connectivity index (χ2n) is 15.0. The van der Waals surface area contributed by atoms with Crippen molar-refractivity contribution in [1.82, 2.24) is 9.97 Å². The van der Waals surface area contributed by atoms with Crippen molar-refractivity contribution >= 4 is 35.3 Å². The molecule has 0 fully saturated rings. The third-order valence-electron chi connectivity index (χ3n) is 6.41. The van der Waals surface area contributed by atoms with Crippen molar-refractivity contribution in [1.29, 1.82) is 0 Å². The Hall–Kier alpha value is -1.60. The quantitative estimate of drug-likeness (QED) is 0.150. The van der Waals surface area contributed by atoms with Crippen molar-refractivity contribution in [2.24, 2.45) is 10.8 Å². The van der Waals surface area contributed by atoms with E-state index in [1.807, 2.05) is 115 Å². The van der Waals surface area contributed by atoms with Crippen LogP contribution in [0.15, 0.2) is 73.1 Å². The molecule has 0 aliphatic heterocycles. The first kappa shape index (κ1) is 38.2. The predicted octanol–water partition coefficient (Wildman–Crippen LogP) is 8.58. The number of pyridine rings is 2. The molecule has 261 valence electrons. The standard InChI is InChI=1S/2C19H26GeN.2CH4O.Ir/c2*1-19(2,3)13-16-12-18(15-10-8-7-9-11-15)21-14-17(16)20(4,5)6;2*1-2;/h2*7-10,12,14H,13H2,1-6H3;2*2H,1H3;/q2*-1;;;/i2*13D2;;;. The van der Waals surface area contributed by atoms with Gasteiger partial charge in [-0.15, -0.1) is 0 Å². The molecule has 0 amide bonds. The van der Waals surface area contributed by atoms with Crippen molar-refractivity contribution in [2.45, 2.75) is 88.8 Å². The fourth-order valence-corrected chi connectivity index (χ4v) is 10.4. The van der Waals surface area contributed by atoms with E-state index in [-0.39, 0.29) is 20.1 Å². The maximum atomic E-state index is 8.76. The third kappa shape index (κ3) is 16.1. The number of benzene rings is 2. The van der Waals surface area contributed by atoms with Crippen LogP contribution in [-0.4, -0.2) is 60.9 Å². The zero-order chi connectivity index (χ0) is 38.9. The van der Waals surface area contributed by atoms with Gasteiger partial charge in [-0.2, -0.15) is 0 Å². The van der Waals surface area contributed by atoms with Gasteiger partial charge in [0.15, 0.2) is 0 Å². The Morgan fingerprint density at radius 1 is 0.617 bits per heavy atom. The largest absolute Gasteiger partial charge is 0 e. The Balaban J connectivity index is 0.000000878. The van der Waals surface area contributed by atoms with E-state index in [1.165, 1.54) is 0 Å². The van der Waals surface area contributed by atoms with E-state index in [4.69, 9.17) is 15.7 Å². The summed E-state index contributed by atoms with van der Waals surface area (Å²) in [5.74, 6) is 13.7. The first-order valence-corrected chi connectivity index (χ1v) is 30.4. The number of hydrogen-bond donors (Lipinski definition) is 2. The Bertz CT molecular complexity index is 1510. The maximum absolute atomic E-state index is 8.76. The van der Waals surface area contributed by atoms with E-state index in [1.54, 1.807) is 0 Å². The molecule has 0 aliphatic rings. The molecule has 2 N–H and O–H groups in total. The average Bonchev–Trinajstić information content (AvgIpc) is 3.05. The van der Waals surface area contributed by atoms with Crippen molar-refractivity contribution in [2.75, 3.05) is 14.2 Å². The molecular weight excluding hydrogens is 878 g/mol. The fourth-order valence-electron chi connectivity index (χ4n) is 4.52. The Kier molecular flexibility index (Phi) is 16.4. The minimum absolute atomic E-state index is 0. The normalized spacial score (nSPS) is 13.3. The SMILES string of the molecule is CO.CO.[2H]C([2H])(c1cc(-c2[c-]cccc2)nc[c]1[Ge]([CH3])([CH3])[CH3])C(C)(C)C.[2H]C([2H])(c1cc(-c2[c-]cccc2)nc[c]1[Ge]([CH3])([CH3])[CH3])C(C)(C)C.[Ir]. The number of aliphatic hydroxyl groups excluding tert-OH is 2.